The molecule has 1 aromatic carbocycles. The van der Waals surface area contributed by atoms with Gasteiger partial charge in [0, 0.05) is 30.8 Å². The summed E-state index contributed by atoms with van der Waals surface area (Å²) in [6, 6.07) is 12.8. The van der Waals surface area contributed by atoms with Crippen molar-refractivity contribution < 1.29 is 14.3 Å². The third-order valence-electron chi connectivity index (χ3n) is 4.00. The zero-order chi connectivity index (χ0) is 18.2. The van der Waals surface area contributed by atoms with Crippen LogP contribution in [-0.2, 0) is 11.2 Å². The van der Waals surface area contributed by atoms with Crippen molar-refractivity contribution >= 4 is 5.97 Å². The first-order chi connectivity index (χ1) is 12.7. The van der Waals surface area contributed by atoms with Gasteiger partial charge in [0.25, 0.3) is 0 Å². The summed E-state index contributed by atoms with van der Waals surface area (Å²) in [4.78, 5) is 15.8. The molecule has 1 N–H and O–H groups in total. The molecule has 5 nitrogen and oxygen atoms in total. The topological polar surface area (TPSA) is 68.3 Å². The monoisotopic (exact) mass is 348 g/mol. The van der Waals surface area contributed by atoms with E-state index in [1.807, 2.05) is 42.5 Å². The van der Waals surface area contributed by atoms with Crippen molar-refractivity contribution in [2.45, 2.75) is 31.7 Å². The highest BCUT2D eigenvalue weighted by molar-refractivity contribution is 5.72. The van der Waals surface area contributed by atoms with Crippen LogP contribution in [0, 0.1) is 11.8 Å². The van der Waals surface area contributed by atoms with E-state index in [0.29, 0.717) is 18.7 Å². The molecule has 3 rings (SSSR count). The second-order valence-electron chi connectivity index (χ2n) is 5.91. The number of aromatic nitrogens is 2. The number of unbranched alkanes of at least 4 members (excludes halogenated alkanes) is 1. The largest absolute Gasteiger partial charge is 0.480 e. The number of benzene rings is 1. The fourth-order valence-electron chi connectivity index (χ4n) is 2.63. The summed E-state index contributed by atoms with van der Waals surface area (Å²) in [5.41, 5.74) is 1.87. The molecule has 0 fully saturated rings. The van der Waals surface area contributed by atoms with Gasteiger partial charge in [0.05, 0.1) is 5.69 Å². The number of rotatable bonds is 7. The fourth-order valence-corrected chi connectivity index (χ4v) is 2.63. The van der Waals surface area contributed by atoms with Gasteiger partial charge in [-0.25, -0.2) is 9.78 Å². The Balaban J connectivity index is 1.46. The van der Waals surface area contributed by atoms with E-state index in [1.165, 1.54) is 0 Å². The summed E-state index contributed by atoms with van der Waals surface area (Å²) >= 11 is 0. The van der Waals surface area contributed by atoms with E-state index >= 15 is 0 Å². The van der Waals surface area contributed by atoms with Crippen LogP contribution in [0.1, 0.15) is 31.0 Å². The molecule has 3 aromatic rings. The number of hydrogen-bond acceptors (Lipinski definition) is 3. The van der Waals surface area contributed by atoms with Crippen LogP contribution in [-0.4, -0.2) is 20.6 Å². The van der Waals surface area contributed by atoms with Crippen molar-refractivity contribution in [1.29, 1.82) is 0 Å². The molecular weight excluding hydrogens is 328 g/mol. The molecule has 1 atom stereocenters. The van der Waals surface area contributed by atoms with E-state index in [9.17, 15) is 9.90 Å². The van der Waals surface area contributed by atoms with Crippen molar-refractivity contribution in [2.75, 3.05) is 0 Å². The minimum absolute atomic E-state index is 0.298. The Labute approximate surface area is 152 Å². The first-order valence-electron chi connectivity index (χ1n) is 8.55. The Kier molecular flexibility index (Phi) is 5.89. The van der Waals surface area contributed by atoms with E-state index in [-0.39, 0.29) is 0 Å². The standard InChI is InChI=1S/C21H20N2O3/c24-21(25)19(23-14-8-9-15-23)13-7-2-1-6-12-18-16-26-20(22-18)17-10-4-3-5-11-17/h3-5,8-11,14-16,19H,1,6,12-13H2,(H,24,25). The highest BCUT2D eigenvalue weighted by Crippen LogP contribution is 2.18. The second kappa shape index (κ2) is 8.72. The first kappa shape index (κ1) is 17.6. The Morgan fingerprint density at radius 3 is 2.65 bits per heavy atom. The molecule has 0 bridgehead atoms. The van der Waals surface area contributed by atoms with E-state index in [2.05, 4.69) is 16.8 Å². The molecule has 2 heterocycles. The number of aliphatic carboxylic acids is 1. The van der Waals surface area contributed by atoms with Crippen LogP contribution in [0.5, 0.6) is 0 Å². The van der Waals surface area contributed by atoms with Gasteiger partial charge in [-0.15, -0.1) is 11.8 Å². The van der Waals surface area contributed by atoms with Crippen molar-refractivity contribution in [3.63, 3.8) is 0 Å². The Morgan fingerprint density at radius 2 is 1.92 bits per heavy atom. The van der Waals surface area contributed by atoms with Gasteiger partial charge < -0.3 is 14.1 Å². The summed E-state index contributed by atoms with van der Waals surface area (Å²) in [7, 11) is 0. The Hall–Kier alpha value is -3.26. The predicted molar refractivity (Wildman–Crippen MR) is 98.4 cm³/mol. The average Bonchev–Trinajstić information content (AvgIpc) is 3.33. The first-order valence-corrected chi connectivity index (χ1v) is 8.55. The predicted octanol–water partition coefficient (Wildman–Crippen LogP) is 4.19. The molecule has 0 spiro atoms. The van der Waals surface area contributed by atoms with Gasteiger partial charge in [0.1, 0.15) is 12.3 Å². The van der Waals surface area contributed by atoms with Crippen molar-refractivity contribution in [3.05, 3.63) is 66.8 Å². The van der Waals surface area contributed by atoms with Crippen LogP contribution >= 0.6 is 0 Å². The third-order valence-corrected chi connectivity index (χ3v) is 4.00. The smallest absolute Gasteiger partial charge is 0.327 e. The molecule has 0 radical (unpaired) electrons. The molecule has 0 aliphatic heterocycles. The minimum Gasteiger partial charge on any atom is -0.480 e. The quantitative estimate of drug-likeness (QED) is 0.514. The summed E-state index contributed by atoms with van der Waals surface area (Å²) in [5, 5.41) is 9.29. The molecule has 132 valence electrons. The van der Waals surface area contributed by atoms with Gasteiger partial charge in [-0.2, -0.15) is 0 Å². The molecule has 5 heteroatoms. The van der Waals surface area contributed by atoms with Crippen LogP contribution in [0.3, 0.4) is 0 Å². The molecule has 0 saturated carbocycles. The molecule has 0 saturated heterocycles. The van der Waals surface area contributed by atoms with Crippen LogP contribution in [0.15, 0.2) is 65.5 Å². The highest BCUT2D eigenvalue weighted by atomic mass is 16.4. The number of carboxylic acids is 1. The van der Waals surface area contributed by atoms with Crippen LogP contribution < -0.4 is 0 Å². The molecule has 0 amide bonds. The summed E-state index contributed by atoms with van der Waals surface area (Å²) in [6.45, 7) is 0. The lowest BCUT2D eigenvalue weighted by atomic mass is 10.1. The maximum absolute atomic E-state index is 11.3. The third kappa shape index (κ3) is 4.64. The highest BCUT2D eigenvalue weighted by Gasteiger charge is 2.16. The molecule has 0 aliphatic carbocycles. The number of nitrogens with zero attached hydrogens (tertiary/aromatic N) is 2. The fraction of sp³-hybridized carbons (Fsp3) is 0.238. The molecule has 26 heavy (non-hydrogen) atoms. The zero-order valence-corrected chi connectivity index (χ0v) is 14.3. The number of carboxylic acid groups (broad SMARTS) is 1. The van der Waals surface area contributed by atoms with Crippen LogP contribution in [0.25, 0.3) is 11.5 Å². The lowest BCUT2D eigenvalue weighted by Gasteiger charge is -2.10. The summed E-state index contributed by atoms with van der Waals surface area (Å²) in [6.07, 6.45) is 7.81. The van der Waals surface area contributed by atoms with Gasteiger partial charge in [-0.1, -0.05) is 18.2 Å². The Bertz CT molecular complexity index is 886. The summed E-state index contributed by atoms with van der Waals surface area (Å²) < 4.78 is 7.18. The lowest BCUT2D eigenvalue weighted by Crippen LogP contribution is -2.16. The molecule has 0 aliphatic rings. The minimum atomic E-state index is -0.869. The van der Waals surface area contributed by atoms with E-state index in [4.69, 9.17) is 4.42 Å². The zero-order valence-electron chi connectivity index (χ0n) is 14.3. The molecule has 2 aromatic heterocycles. The molecular formula is C21H20N2O3. The van der Waals surface area contributed by atoms with E-state index in [1.54, 1.807) is 23.2 Å². The average molecular weight is 348 g/mol. The van der Waals surface area contributed by atoms with Crippen molar-refractivity contribution in [2.24, 2.45) is 0 Å². The number of oxazole rings is 1. The van der Waals surface area contributed by atoms with Crippen molar-refractivity contribution in [1.82, 2.24) is 9.55 Å². The maximum atomic E-state index is 11.3. The van der Waals surface area contributed by atoms with E-state index in [0.717, 1.165) is 24.1 Å². The lowest BCUT2D eigenvalue weighted by molar-refractivity contribution is -0.140. The van der Waals surface area contributed by atoms with Crippen LogP contribution in [0.2, 0.25) is 0 Å². The normalized spacial score (nSPS) is 11.5. The van der Waals surface area contributed by atoms with Gasteiger partial charge in [0.2, 0.25) is 5.89 Å². The Morgan fingerprint density at radius 1 is 1.15 bits per heavy atom. The van der Waals surface area contributed by atoms with Crippen LogP contribution in [0.4, 0.5) is 0 Å². The molecule has 1 unspecified atom stereocenters. The number of carbonyl (C=O) groups is 1. The summed E-state index contributed by atoms with van der Waals surface area (Å²) in [5.74, 6) is 5.79. The maximum Gasteiger partial charge on any atom is 0.327 e. The van der Waals surface area contributed by atoms with Gasteiger partial charge in [-0.05, 0) is 37.1 Å². The number of hydrogen-bond donors (Lipinski definition) is 1. The number of aryl methyl sites for hydroxylation is 1. The SMILES string of the molecule is O=C(O)C(CC#CCCCc1coc(-c2ccccc2)n1)n1cccc1. The van der Waals surface area contributed by atoms with Gasteiger partial charge in [-0.3, -0.25) is 0 Å². The van der Waals surface area contributed by atoms with Crippen molar-refractivity contribution in [3.8, 4) is 23.3 Å². The van der Waals surface area contributed by atoms with Gasteiger partial charge >= 0.3 is 5.97 Å². The van der Waals surface area contributed by atoms with Gasteiger partial charge in [0.15, 0.2) is 0 Å². The second-order valence-corrected chi connectivity index (χ2v) is 5.91. The van der Waals surface area contributed by atoms with E-state index < -0.39 is 12.0 Å².